The van der Waals surface area contributed by atoms with Crippen molar-refractivity contribution in [1.82, 2.24) is 5.32 Å². The van der Waals surface area contributed by atoms with Gasteiger partial charge in [0.05, 0.1) is 6.61 Å². The molecule has 0 amide bonds. The fourth-order valence-electron chi connectivity index (χ4n) is 5.36. The summed E-state index contributed by atoms with van der Waals surface area (Å²) in [6.07, 6.45) is 1.28. The highest BCUT2D eigenvalue weighted by Crippen LogP contribution is 2.54. The van der Waals surface area contributed by atoms with Gasteiger partial charge in [-0.2, -0.15) is 0 Å². The highest BCUT2D eigenvalue weighted by atomic mass is 16.5. The third-order valence-electron chi connectivity index (χ3n) is 6.13. The van der Waals surface area contributed by atoms with Crippen LogP contribution in [0.5, 0.6) is 5.75 Å². The molecular formula is C18H26N2O. The van der Waals surface area contributed by atoms with Crippen LogP contribution in [0, 0.1) is 17.8 Å². The fraction of sp³-hybridized carbons (Fsp3) is 0.667. The Balaban J connectivity index is 1.62. The maximum Gasteiger partial charge on any atom is 0.119 e. The summed E-state index contributed by atoms with van der Waals surface area (Å²) in [4.78, 5) is 2.66. The summed E-state index contributed by atoms with van der Waals surface area (Å²) < 4.78 is 5.57. The lowest BCUT2D eigenvalue weighted by atomic mass is 9.77. The highest BCUT2D eigenvalue weighted by molar-refractivity contribution is 5.52. The average Bonchev–Trinajstić information content (AvgIpc) is 2.87. The van der Waals surface area contributed by atoms with E-state index in [0.717, 1.165) is 30.1 Å². The first-order valence-electron chi connectivity index (χ1n) is 8.37. The Kier molecular flexibility index (Phi) is 2.97. The number of nitrogens with one attached hydrogen (secondary N) is 1. The van der Waals surface area contributed by atoms with Gasteiger partial charge in [-0.15, -0.1) is 0 Å². The Bertz CT molecular complexity index is 527. The number of ether oxygens (including phenoxy) is 1. The SMILES string of the molecule is CCOc1ccc(N2C[C@H]3CNC4(C)C[C@@H]2C(C)C34)cc1. The number of nitrogens with zero attached hydrogens (tertiary/aromatic N) is 1. The van der Waals surface area contributed by atoms with Crippen LogP contribution < -0.4 is 15.0 Å². The largest absolute Gasteiger partial charge is 0.494 e. The van der Waals surface area contributed by atoms with Crippen LogP contribution in [0.25, 0.3) is 0 Å². The summed E-state index contributed by atoms with van der Waals surface area (Å²) in [5, 5.41) is 3.81. The van der Waals surface area contributed by atoms with E-state index in [9.17, 15) is 0 Å². The van der Waals surface area contributed by atoms with E-state index in [2.05, 4.69) is 48.3 Å². The van der Waals surface area contributed by atoms with Crippen molar-refractivity contribution in [3.8, 4) is 5.75 Å². The number of rotatable bonds is 3. The second-order valence-electron chi connectivity index (χ2n) is 7.29. The van der Waals surface area contributed by atoms with Crippen molar-refractivity contribution in [2.45, 2.75) is 38.8 Å². The molecule has 2 bridgehead atoms. The minimum Gasteiger partial charge on any atom is -0.494 e. The monoisotopic (exact) mass is 286 g/mol. The topological polar surface area (TPSA) is 24.5 Å². The molecule has 2 aliphatic heterocycles. The summed E-state index contributed by atoms with van der Waals surface area (Å²) in [5.41, 5.74) is 1.74. The number of anilines is 1. The Morgan fingerprint density at radius 1 is 1.33 bits per heavy atom. The molecule has 1 aromatic carbocycles. The molecule has 3 unspecified atom stereocenters. The average molecular weight is 286 g/mol. The lowest BCUT2D eigenvalue weighted by molar-refractivity contribution is 0.228. The Morgan fingerprint density at radius 3 is 2.81 bits per heavy atom. The van der Waals surface area contributed by atoms with Crippen molar-refractivity contribution in [1.29, 1.82) is 0 Å². The van der Waals surface area contributed by atoms with Crippen LogP contribution in [-0.2, 0) is 0 Å². The molecule has 2 saturated heterocycles. The van der Waals surface area contributed by atoms with Gasteiger partial charge in [0.2, 0.25) is 0 Å². The van der Waals surface area contributed by atoms with Crippen molar-refractivity contribution >= 4 is 5.69 Å². The zero-order valence-corrected chi connectivity index (χ0v) is 13.3. The predicted molar refractivity (Wildman–Crippen MR) is 85.9 cm³/mol. The quantitative estimate of drug-likeness (QED) is 0.924. The van der Waals surface area contributed by atoms with Gasteiger partial charge in [-0.3, -0.25) is 0 Å². The van der Waals surface area contributed by atoms with E-state index in [0.29, 0.717) is 11.6 Å². The number of fused-ring (bicyclic) bond motifs is 1. The van der Waals surface area contributed by atoms with E-state index in [1.54, 1.807) is 0 Å². The summed E-state index contributed by atoms with van der Waals surface area (Å²) >= 11 is 0. The molecule has 3 aliphatic rings. The van der Waals surface area contributed by atoms with E-state index in [1.807, 2.05) is 6.92 Å². The molecule has 0 aromatic heterocycles. The molecule has 1 aromatic rings. The van der Waals surface area contributed by atoms with E-state index < -0.39 is 0 Å². The normalized spacial score (nSPS) is 40.6. The molecular weight excluding hydrogens is 260 g/mol. The van der Waals surface area contributed by atoms with Gasteiger partial charge in [-0.05, 0) is 62.3 Å². The third-order valence-corrected chi connectivity index (χ3v) is 6.13. The maximum absolute atomic E-state index is 5.57. The number of piperidine rings is 1. The van der Waals surface area contributed by atoms with Crippen LogP contribution >= 0.6 is 0 Å². The van der Waals surface area contributed by atoms with Crippen LogP contribution in [0.1, 0.15) is 27.2 Å². The Hall–Kier alpha value is -1.22. The van der Waals surface area contributed by atoms with Gasteiger partial charge >= 0.3 is 0 Å². The first-order chi connectivity index (χ1) is 10.1. The smallest absolute Gasteiger partial charge is 0.119 e. The second kappa shape index (κ2) is 4.64. The summed E-state index contributed by atoms with van der Waals surface area (Å²) in [6, 6.07) is 9.38. The number of hydrogen-bond acceptors (Lipinski definition) is 3. The molecule has 5 atom stereocenters. The van der Waals surface area contributed by atoms with Gasteiger partial charge in [-0.25, -0.2) is 0 Å². The first-order valence-corrected chi connectivity index (χ1v) is 8.37. The summed E-state index contributed by atoms with van der Waals surface area (Å²) in [7, 11) is 0. The van der Waals surface area contributed by atoms with Crippen molar-refractivity contribution in [3.05, 3.63) is 24.3 Å². The minimum atomic E-state index is 0.370. The molecule has 1 N–H and O–H groups in total. The molecule has 4 rings (SSSR count). The molecule has 3 nitrogen and oxygen atoms in total. The van der Waals surface area contributed by atoms with Gasteiger partial charge in [0.15, 0.2) is 0 Å². The summed E-state index contributed by atoms with van der Waals surface area (Å²) in [5.74, 6) is 3.43. The molecule has 2 heterocycles. The second-order valence-corrected chi connectivity index (χ2v) is 7.29. The van der Waals surface area contributed by atoms with E-state index in [1.165, 1.54) is 25.2 Å². The molecule has 21 heavy (non-hydrogen) atoms. The van der Waals surface area contributed by atoms with Crippen molar-refractivity contribution in [3.63, 3.8) is 0 Å². The van der Waals surface area contributed by atoms with E-state index in [-0.39, 0.29) is 0 Å². The molecule has 0 radical (unpaired) electrons. The molecule has 1 saturated carbocycles. The van der Waals surface area contributed by atoms with Crippen LogP contribution in [0.4, 0.5) is 5.69 Å². The lowest BCUT2D eigenvalue weighted by Crippen LogP contribution is -2.48. The van der Waals surface area contributed by atoms with Crippen molar-refractivity contribution in [2.24, 2.45) is 17.8 Å². The van der Waals surface area contributed by atoms with Crippen LogP contribution in [0.3, 0.4) is 0 Å². The number of hydrogen-bond donors (Lipinski definition) is 1. The molecule has 1 aliphatic carbocycles. The molecule has 3 heteroatoms. The minimum absolute atomic E-state index is 0.370. The Labute approximate surface area is 127 Å². The Morgan fingerprint density at radius 2 is 2.10 bits per heavy atom. The standard InChI is InChI=1S/C18H26N2O/c1-4-21-15-7-5-14(6-8-15)20-11-13-10-19-18(3)9-16(20)12(2)17(13)18/h5-8,12-13,16-17,19H,4,9-11H2,1-3H3/t12?,13-,16-,17?,18?/m1/s1. The predicted octanol–water partition coefficient (Wildman–Crippen LogP) is 2.91. The number of benzene rings is 1. The van der Waals surface area contributed by atoms with Gasteiger partial charge in [-0.1, -0.05) is 6.92 Å². The van der Waals surface area contributed by atoms with Gasteiger partial charge < -0.3 is 15.0 Å². The van der Waals surface area contributed by atoms with Crippen LogP contribution in [0.2, 0.25) is 0 Å². The fourth-order valence-corrected chi connectivity index (χ4v) is 5.36. The van der Waals surface area contributed by atoms with E-state index >= 15 is 0 Å². The summed E-state index contributed by atoms with van der Waals surface area (Å²) in [6.45, 7) is 10.1. The van der Waals surface area contributed by atoms with Crippen LogP contribution in [-0.4, -0.2) is 31.3 Å². The zero-order valence-electron chi connectivity index (χ0n) is 13.3. The van der Waals surface area contributed by atoms with Gasteiger partial charge in [0.1, 0.15) is 5.75 Å². The lowest BCUT2D eigenvalue weighted by Gasteiger charge is -2.43. The van der Waals surface area contributed by atoms with Gasteiger partial charge in [0, 0.05) is 30.4 Å². The van der Waals surface area contributed by atoms with Gasteiger partial charge in [0.25, 0.3) is 0 Å². The zero-order chi connectivity index (χ0) is 14.6. The molecule has 3 fully saturated rings. The highest BCUT2D eigenvalue weighted by Gasteiger charge is 2.60. The molecule has 0 spiro atoms. The first kappa shape index (κ1) is 13.4. The third kappa shape index (κ3) is 1.90. The van der Waals surface area contributed by atoms with E-state index in [4.69, 9.17) is 4.74 Å². The van der Waals surface area contributed by atoms with Crippen molar-refractivity contribution < 1.29 is 4.74 Å². The molecule has 114 valence electrons. The van der Waals surface area contributed by atoms with Crippen molar-refractivity contribution in [2.75, 3.05) is 24.6 Å². The maximum atomic E-state index is 5.57. The van der Waals surface area contributed by atoms with Crippen LogP contribution in [0.15, 0.2) is 24.3 Å².